The van der Waals surface area contributed by atoms with Gasteiger partial charge in [0.2, 0.25) is 11.8 Å². The Labute approximate surface area is 131 Å². The quantitative estimate of drug-likeness (QED) is 0.803. The van der Waals surface area contributed by atoms with Gasteiger partial charge in [0.1, 0.15) is 11.9 Å². The molecular weight excluding hydrogens is 303 g/mol. The van der Waals surface area contributed by atoms with Crippen LogP contribution >= 0.6 is 11.8 Å². The number of hydrogen-bond donors (Lipinski definition) is 2. The van der Waals surface area contributed by atoms with Gasteiger partial charge >= 0.3 is 0 Å². The fourth-order valence-corrected chi connectivity index (χ4v) is 2.56. The fraction of sp³-hybridized carbons (Fsp3) is 0.125. The molecule has 0 fully saturated rings. The molecular formula is C16H15FN2O2S. The Morgan fingerprint density at radius 1 is 1.09 bits per heavy atom. The average Bonchev–Trinajstić information content (AvgIpc) is 2.52. The Bertz CT molecular complexity index is 647. The van der Waals surface area contributed by atoms with E-state index in [2.05, 4.69) is 5.32 Å². The zero-order chi connectivity index (χ0) is 15.9. The average molecular weight is 318 g/mol. The first-order chi connectivity index (χ1) is 10.6. The van der Waals surface area contributed by atoms with Gasteiger partial charge in [-0.15, -0.1) is 11.8 Å². The summed E-state index contributed by atoms with van der Waals surface area (Å²) in [4.78, 5) is 24.2. The molecule has 1 atom stereocenters. The lowest BCUT2D eigenvalue weighted by Crippen LogP contribution is -2.38. The first kappa shape index (κ1) is 16.0. The van der Waals surface area contributed by atoms with Crippen LogP contribution in [0.4, 0.5) is 4.39 Å². The van der Waals surface area contributed by atoms with E-state index in [0.717, 1.165) is 4.90 Å². The number of carbonyl (C=O) groups is 2. The number of rotatable bonds is 6. The van der Waals surface area contributed by atoms with E-state index in [1.807, 2.05) is 6.07 Å². The van der Waals surface area contributed by atoms with Gasteiger partial charge in [0.25, 0.3) is 0 Å². The Kier molecular flexibility index (Phi) is 5.55. The standard InChI is InChI=1S/C16H15FN2O2S/c17-12-6-8-13(9-7-12)22-10-14(20)19-15(16(18)21)11-4-2-1-3-5-11/h1-9,15H,10H2,(H2,18,21)(H,19,20). The summed E-state index contributed by atoms with van der Waals surface area (Å²) in [6, 6.07) is 13.8. The van der Waals surface area contributed by atoms with Crippen LogP contribution < -0.4 is 11.1 Å². The predicted octanol–water partition coefficient (Wildman–Crippen LogP) is 2.26. The molecule has 0 saturated carbocycles. The third kappa shape index (κ3) is 4.60. The molecule has 2 aromatic rings. The number of hydrogen-bond acceptors (Lipinski definition) is 3. The van der Waals surface area contributed by atoms with Crippen LogP contribution in [-0.2, 0) is 9.59 Å². The summed E-state index contributed by atoms with van der Waals surface area (Å²) in [5.74, 6) is -1.15. The molecule has 0 aliphatic carbocycles. The van der Waals surface area contributed by atoms with Gasteiger partial charge in [-0.05, 0) is 29.8 Å². The van der Waals surface area contributed by atoms with Crippen LogP contribution in [0.15, 0.2) is 59.5 Å². The van der Waals surface area contributed by atoms with Crippen LogP contribution in [0, 0.1) is 5.82 Å². The number of halogens is 1. The fourth-order valence-electron chi connectivity index (χ4n) is 1.85. The Balaban J connectivity index is 1.94. The molecule has 0 bridgehead atoms. The third-order valence-corrected chi connectivity index (χ3v) is 3.92. The van der Waals surface area contributed by atoms with Gasteiger partial charge in [0.15, 0.2) is 0 Å². The Morgan fingerprint density at radius 3 is 2.32 bits per heavy atom. The van der Waals surface area contributed by atoms with Gasteiger partial charge < -0.3 is 11.1 Å². The highest BCUT2D eigenvalue weighted by molar-refractivity contribution is 8.00. The van der Waals surface area contributed by atoms with Crippen LogP contribution in [0.3, 0.4) is 0 Å². The number of benzene rings is 2. The van der Waals surface area contributed by atoms with Crippen molar-refractivity contribution in [3.8, 4) is 0 Å². The maximum Gasteiger partial charge on any atom is 0.244 e. The number of nitrogens with one attached hydrogen (secondary N) is 1. The molecule has 0 aliphatic rings. The highest BCUT2D eigenvalue weighted by Gasteiger charge is 2.19. The number of nitrogens with two attached hydrogens (primary N) is 1. The molecule has 2 amide bonds. The molecule has 0 aromatic heterocycles. The summed E-state index contributed by atoms with van der Waals surface area (Å²) in [5, 5.41) is 2.61. The van der Waals surface area contributed by atoms with E-state index in [4.69, 9.17) is 5.73 Å². The second kappa shape index (κ2) is 7.61. The van der Waals surface area contributed by atoms with Crippen molar-refractivity contribution in [3.05, 3.63) is 66.0 Å². The first-order valence-electron chi connectivity index (χ1n) is 6.58. The van der Waals surface area contributed by atoms with Crippen molar-refractivity contribution < 1.29 is 14.0 Å². The number of primary amides is 1. The second-order valence-corrected chi connectivity index (χ2v) is 5.60. The highest BCUT2D eigenvalue weighted by Crippen LogP contribution is 2.18. The summed E-state index contributed by atoms with van der Waals surface area (Å²) in [7, 11) is 0. The van der Waals surface area contributed by atoms with E-state index in [9.17, 15) is 14.0 Å². The van der Waals surface area contributed by atoms with Gasteiger partial charge in [0, 0.05) is 4.90 Å². The smallest absolute Gasteiger partial charge is 0.244 e. The van der Waals surface area contributed by atoms with Crippen LogP contribution in [0.2, 0.25) is 0 Å². The van der Waals surface area contributed by atoms with Gasteiger partial charge in [-0.25, -0.2) is 4.39 Å². The lowest BCUT2D eigenvalue weighted by molar-refractivity contribution is -0.126. The number of carbonyl (C=O) groups excluding carboxylic acids is 2. The van der Waals surface area contributed by atoms with Gasteiger partial charge in [0.05, 0.1) is 5.75 Å². The normalized spacial score (nSPS) is 11.7. The van der Waals surface area contributed by atoms with Crippen molar-refractivity contribution in [3.63, 3.8) is 0 Å². The molecule has 0 saturated heterocycles. The zero-order valence-electron chi connectivity index (χ0n) is 11.7. The van der Waals surface area contributed by atoms with E-state index in [1.54, 1.807) is 36.4 Å². The SMILES string of the molecule is NC(=O)C(NC(=O)CSc1ccc(F)cc1)c1ccccc1. The molecule has 0 heterocycles. The van der Waals surface area contributed by atoms with Gasteiger partial charge in [-0.3, -0.25) is 9.59 Å². The topological polar surface area (TPSA) is 72.2 Å². The minimum absolute atomic E-state index is 0.113. The monoisotopic (exact) mass is 318 g/mol. The zero-order valence-corrected chi connectivity index (χ0v) is 12.5. The molecule has 1 unspecified atom stereocenters. The van der Waals surface area contributed by atoms with Crippen LogP contribution in [0.25, 0.3) is 0 Å². The summed E-state index contributed by atoms with van der Waals surface area (Å²) < 4.78 is 12.8. The maximum atomic E-state index is 12.8. The first-order valence-corrected chi connectivity index (χ1v) is 7.57. The third-order valence-electron chi connectivity index (χ3n) is 2.91. The Morgan fingerprint density at radius 2 is 1.73 bits per heavy atom. The van der Waals surface area contributed by atoms with Crippen molar-refractivity contribution in [2.45, 2.75) is 10.9 Å². The molecule has 3 N–H and O–H groups in total. The van der Waals surface area contributed by atoms with E-state index in [1.165, 1.54) is 23.9 Å². The Hall–Kier alpha value is -2.34. The minimum Gasteiger partial charge on any atom is -0.368 e. The molecule has 0 radical (unpaired) electrons. The molecule has 0 aliphatic heterocycles. The van der Waals surface area contributed by atoms with Gasteiger partial charge in [-0.2, -0.15) is 0 Å². The molecule has 4 nitrogen and oxygen atoms in total. The number of amides is 2. The molecule has 2 rings (SSSR count). The van der Waals surface area contributed by atoms with Crippen molar-refractivity contribution in [2.75, 3.05) is 5.75 Å². The van der Waals surface area contributed by atoms with Gasteiger partial charge in [-0.1, -0.05) is 30.3 Å². The largest absolute Gasteiger partial charge is 0.368 e. The summed E-state index contributed by atoms with van der Waals surface area (Å²) in [5.41, 5.74) is 5.97. The summed E-state index contributed by atoms with van der Waals surface area (Å²) >= 11 is 1.26. The lowest BCUT2D eigenvalue weighted by Gasteiger charge is -2.15. The van der Waals surface area contributed by atoms with E-state index < -0.39 is 11.9 Å². The van der Waals surface area contributed by atoms with E-state index in [-0.39, 0.29) is 17.5 Å². The molecule has 22 heavy (non-hydrogen) atoms. The summed E-state index contributed by atoms with van der Waals surface area (Å²) in [6.07, 6.45) is 0. The minimum atomic E-state index is -0.859. The van der Waals surface area contributed by atoms with Crippen molar-refractivity contribution in [2.24, 2.45) is 5.73 Å². The molecule has 114 valence electrons. The van der Waals surface area contributed by atoms with Crippen molar-refractivity contribution in [1.82, 2.24) is 5.32 Å². The summed E-state index contributed by atoms with van der Waals surface area (Å²) in [6.45, 7) is 0. The maximum absolute atomic E-state index is 12.8. The van der Waals surface area contributed by atoms with E-state index in [0.29, 0.717) is 5.56 Å². The lowest BCUT2D eigenvalue weighted by atomic mass is 10.1. The van der Waals surface area contributed by atoms with Crippen molar-refractivity contribution in [1.29, 1.82) is 0 Å². The highest BCUT2D eigenvalue weighted by atomic mass is 32.2. The predicted molar refractivity (Wildman–Crippen MR) is 83.6 cm³/mol. The second-order valence-electron chi connectivity index (χ2n) is 4.56. The molecule has 2 aromatic carbocycles. The number of thioether (sulfide) groups is 1. The van der Waals surface area contributed by atoms with E-state index >= 15 is 0 Å². The van der Waals surface area contributed by atoms with Crippen molar-refractivity contribution >= 4 is 23.6 Å². The van der Waals surface area contributed by atoms with Crippen LogP contribution in [0.5, 0.6) is 0 Å². The van der Waals surface area contributed by atoms with Crippen LogP contribution in [0.1, 0.15) is 11.6 Å². The molecule has 6 heteroatoms. The van der Waals surface area contributed by atoms with Crippen LogP contribution in [-0.4, -0.2) is 17.6 Å². The molecule has 0 spiro atoms.